The molecule has 27 heavy (non-hydrogen) atoms. The fourth-order valence-electron chi connectivity index (χ4n) is 3.18. The molecule has 0 saturated heterocycles. The van der Waals surface area contributed by atoms with Gasteiger partial charge in [0.25, 0.3) is 0 Å². The van der Waals surface area contributed by atoms with Gasteiger partial charge in [0.05, 0.1) is 18.2 Å². The zero-order valence-electron chi connectivity index (χ0n) is 15.1. The van der Waals surface area contributed by atoms with Crippen molar-refractivity contribution in [3.8, 4) is 0 Å². The van der Waals surface area contributed by atoms with Crippen molar-refractivity contribution < 1.29 is 4.79 Å². The summed E-state index contributed by atoms with van der Waals surface area (Å²) in [5.41, 5.74) is 3.23. The number of aromatic nitrogens is 2. The van der Waals surface area contributed by atoms with Crippen LogP contribution in [0.5, 0.6) is 0 Å². The second-order valence-electron chi connectivity index (χ2n) is 6.51. The van der Waals surface area contributed by atoms with Gasteiger partial charge in [0.15, 0.2) is 4.96 Å². The van der Waals surface area contributed by atoms with Gasteiger partial charge in [0, 0.05) is 22.7 Å². The highest BCUT2D eigenvalue weighted by molar-refractivity contribution is 7.15. The molecule has 1 N–H and O–H groups in total. The third kappa shape index (κ3) is 4.12. The first-order valence-corrected chi connectivity index (χ1v) is 10.8. The standard InChI is InChI=1S/C21H21N3OS2/c1-2-4-15-6-8-16(9-7-15)20(18-5-3-11-26-18)23-19(25)13-17-14-24-10-12-27-21(24)22-17/h3,5-12,14,20H,2,4,13H2,1H3,(H,23,25). The lowest BCUT2D eigenvalue weighted by Crippen LogP contribution is -2.30. The van der Waals surface area contributed by atoms with E-state index in [0.717, 1.165) is 33.9 Å². The Bertz CT molecular complexity index is 987. The van der Waals surface area contributed by atoms with E-state index in [-0.39, 0.29) is 18.4 Å². The van der Waals surface area contributed by atoms with Crippen molar-refractivity contribution in [2.75, 3.05) is 0 Å². The number of hydrogen-bond donors (Lipinski definition) is 1. The van der Waals surface area contributed by atoms with E-state index in [0.29, 0.717) is 0 Å². The summed E-state index contributed by atoms with van der Waals surface area (Å²) in [4.78, 5) is 19.3. The van der Waals surface area contributed by atoms with Gasteiger partial charge in [-0.05, 0) is 29.0 Å². The molecule has 3 aromatic heterocycles. The second-order valence-corrected chi connectivity index (χ2v) is 8.36. The van der Waals surface area contributed by atoms with E-state index in [9.17, 15) is 4.79 Å². The van der Waals surface area contributed by atoms with Crippen molar-refractivity contribution in [2.45, 2.75) is 32.2 Å². The first-order chi connectivity index (χ1) is 13.2. The van der Waals surface area contributed by atoms with Gasteiger partial charge >= 0.3 is 0 Å². The molecule has 0 fully saturated rings. The zero-order chi connectivity index (χ0) is 18.6. The maximum atomic E-state index is 12.7. The summed E-state index contributed by atoms with van der Waals surface area (Å²) in [5, 5.41) is 7.23. The van der Waals surface area contributed by atoms with Crippen LogP contribution in [0.3, 0.4) is 0 Å². The SMILES string of the molecule is CCCc1ccc(C(NC(=O)Cc2cn3ccsc3n2)c2cccs2)cc1. The van der Waals surface area contributed by atoms with E-state index < -0.39 is 0 Å². The summed E-state index contributed by atoms with van der Waals surface area (Å²) in [7, 11) is 0. The van der Waals surface area contributed by atoms with Crippen LogP contribution in [0.4, 0.5) is 0 Å². The first kappa shape index (κ1) is 17.9. The van der Waals surface area contributed by atoms with E-state index in [4.69, 9.17) is 0 Å². The van der Waals surface area contributed by atoms with Crippen LogP contribution in [0, 0.1) is 0 Å². The molecule has 0 bridgehead atoms. The predicted octanol–water partition coefficient (Wildman–Crippen LogP) is 4.86. The number of aryl methyl sites for hydroxylation is 1. The lowest BCUT2D eigenvalue weighted by Gasteiger charge is -2.18. The smallest absolute Gasteiger partial charge is 0.226 e. The van der Waals surface area contributed by atoms with Gasteiger partial charge in [-0.1, -0.05) is 43.7 Å². The molecule has 0 aliphatic carbocycles. The summed E-state index contributed by atoms with van der Waals surface area (Å²) in [6, 6.07) is 12.5. The first-order valence-electron chi connectivity index (χ1n) is 9.05. The van der Waals surface area contributed by atoms with Crippen molar-refractivity contribution in [3.05, 3.63) is 81.2 Å². The number of thiazole rings is 1. The van der Waals surface area contributed by atoms with Crippen LogP contribution in [-0.4, -0.2) is 15.3 Å². The van der Waals surface area contributed by atoms with Gasteiger partial charge in [0.2, 0.25) is 5.91 Å². The summed E-state index contributed by atoms with van der Waals surface area (Å²) < 4.78 is 1.95. The number of rotatable bonds is 7. The fraction of sp³-hybridized carbons (Fsp3) is 0.238. The Morgan fingerprint density at radius 2 is 2.04 bits per heavy atom. The van der Waals surface area contributed by atoms with Gasteiger partial charge in [-0.2, -0.15) is 0 Å². The number of thiophene rings is 1. The van der Waals surface area contributed by atoms with Crippen LogP contribution in [-0.2, 0) is 17.6 Å². The average Bonchev–Trinajstić information content (AvgIpc) is 3.38. The Morgan fingerprint density at radius 1 is 1.19 bits per heavy atom. The third-order valence-corrected chi connectivity index (χ3v) is 6.18. The van der Waals surface area contributed by atoms with E-state index >= 15 is 0 Å². The monoisotopic (exact) mass is 395 g/mol. The van der Waals surface area contributed by atoms with Crippen molar-refractivity contribution >= 4 is 33.5 Å². The fourth-order valence-corrected chi connectivity index (χ4v) is 4.70. The van der Waals surface area contributed by atoms with Gasteiger partial charge in [-0.15, -0.1) is 22.7 Å². The summed E-state index contributed by atoms with van der Waals surface area (Å²) >= 11 is 3.23. The average molecular weight is 396 g/mol. The van der Waals surface area contributed by atoms with Crippen molar-refractivity contribution in [3.63, 3.8) is 0 Å². The topological polar surface area (TPSA) is 46.4 Å². The molecule has 6 heteroatoms. The molecular formula is C21H21N3OS2. The maximum absolute atomic E-state index is 12.7. The zero-order valence-corrected chi connectivity index (χ0v) is 16.7. The van der Waals surface area contributed by atoms with Crippen LogP contribution < -0.4 is 5.32 Å². The predicted molar refractivity (Wildman–Crippen MR) is 112 cm³/mol. The second kappa shape index (κ2) is 8.06. The van der Waals surface area contributed by atoms with Gasteiger partial charge in [-0.25, -0.2) is 4.98 Å². The van der Waals surface area contributed by atoms with E-state index in [2.05, 4.69) is 47.6 Å². The summed E-state index contributed by atoms with van der Waals surface area (Å²) in [5.74, 6) is -0.0169. The van der Waals surface area contributed by atoms with E-state index in [1.807, 2.05) is 33.6 Å². The Morgan fingerprint density at radius 3 is 2.74 bits per heavy atom. The number of fused-ring (bicyclic) bond motifs is 1. The molecular weight excluding hydrogens is 374 g/mol. The van der Waals surface area contributed by atoms with Gasteiger partial charge in [0.1, 0.15) is 0 Å². The molecule has 1 unspecified atom stereocenters. The molecule has 0 radical (unpaired) electrons. The molecule has 4 nitrogen and oxygen atoms in total. The Balaban J connectivity index is 1.52. The van der Waals surface area contributed by atoms with Crippen LogP contribution in [0.1, 0.15) is 41.1 Å². The molecule has 1 amide bonds. The third-order valence-electron chi connectivity index (χ3n) is 4.47. The van der Waals surface area contributed by atoms with E-state index in [1.165, 1.54) is 5.56 Å². The molecule has 1 atom stereocenters. The molecule has 4 rings (SSSR count). The highest BCUT2D eigenvalue weighted by atomic mass is 32.1. The lowest BCUT2D eigenvalue weighted by atomic mass is 10.0. The molecule has 4 aromatic rings. The molecule has 0 saturated carbocycles. The summed E-state index contributed by atoms with van der Waals surface area (Å²) in [6.45, 7) is 2.18. The Kier molecular flexibility index (Phi) is 5.36. The normalized spacial score (nSPS) is 12.3. The highest BCUT2D eigenvalue weighted by Crippen LogP contribution is 2.26. The summed E-state index contributed by atoms with van der Waals surface area (Å²) in [6.07, 6.45) is 6.37. The van der Waals surface area contributed by atoms with E-state index in [1.54, 1.807) is 22.7 Å². The van der Waals surface area contributed by atoms with Crippen molar-refractivity contribution in [1.82, 2.24) is 14.7 Å². The minimum Gasteiger partial charge on any atom is -0.344 e. The largest absolute Gasteiger partial charge is 0.344 e. The van der Waals surface area contributed by atoms with Crippen LogP contribution in [0.15, 0.2) is 59.6 Å². The molecule has 0 aliphatic rings. The molecule has 1 aromatic carbocycles. The number of nitrogens with zero attached hydrogens (tertiary/aromatic N) is 2. The molecule has 0 spiro atoms. The highest BCUT2D eigenvalue weighted by Gasteiger charge is 2.19. The van der Waals surface area contributed by atoms with Crippen LogP contribution >= 0.6 is 22.7 Å². The number of benzene rings is 1. The number of carbonyl (C=O) groups is 1. The number of imidazole rings is 1. The van der Waals surface area contributed by atoms with Gasteiger partial charge < -0.3 is 5.32 Å². The minimum atomic E-state index is -0.128. The quantitative estimate of drug-likeness (QED) is 0.486. The Labute approximate surface area is 166 Å². The number of carbonyl (C=O) groups excluding carboxylic acids is 1. The number of hydrogen-bond acceptors (Lipinski definition) is 4. The molecule has 138 valence electrons. The molecule has 0 aliphatic heterocycles. The van der Waals surface area contributed by atoms with Crippen LogP contribution in [0.25, 0.3) is 4.96 Å². The molecule has 3 heterocycles. The Hall–Kier alpha value is -2.44. The minimum absolute atomic E-state index is 0.0169. The number of nitrogens with one attached hydrogen (secondary N) is 1. The lowest BCUT2D eigenvalue weighted by molar-refractivity contribution is -0.121. The maximum Gasteiger partial charge on any atom is 0.226 e. The van der Waals surface area contributed by atoms with Crippen molar-refractivity contribution in [2.24, 2.45) is 0 Å². The van der Waals surface area contributed by atoms with Crippen molar-refractivity contribution in [1.29, 1.82) is 0 Å². The van der Waals surface area contributed by atoms with Gasteiger partial charge in [-0.3, -0.25) is 9.20 Å². The number of amides is 1. The van der Waals surface area contributed by atoms with Crippen LogP contribution in [0.2, 0.25) is 0 Å².